The summed E-state index contributed by atoms with van der Waals surface area (Å²) < 4.78 is 37.9. The van der Waals surface area contributed by atoms with Crippen molar-refractivity contribution in [3.05, 3.63) is 51.5 Å². The zero-order valence-electron chi connectivity index (χ0n) is 10.9. The minimum atomic E-state index is -0.773. The van der Waals surface area contributed by atoms with Crippen LogP contribution in [0.25, 0.3) is 11.1 Å². The van der Waals surface area contributed by atoms with Crippen LogP contribution in [-0.2, 0) is 11.3 Å². The number of rotatable bonds is 1. The maximum Gasteiger partial charge on any atom is 0.340 e. The van der Waals surface area contributed by atoms with E-state index < -0.39 is 17.6 Å². The molecule has 0 atom stereocenters. The van der Waals surface area contributed by atoms with Gasteiger partial charge < -0.3 is 9.47 Å². The monoisotopic (exact) mass is 354 g/mol. The first kappa shape index (κ1) is 14.0. The molecule has 6 heteroatoms. The molecule has 1 heterocycles. The molecule has 0 amide bonds. The number of benzene rings is 2. The molecular formula is C15H9BrF2O3. The third-order valence-electron chi connectivity index (χ3n) is 3.29. The summed E-state index contributed by atoms with van der Waals surface area (Å²) >= 11 is 3.11. The molecule has 0 fully saturated rings. The van der Waals surface area contributed by atoms with Crippen LogP contribution in [0, 0.1) is 11.6 Å². The van der Waals surface area contributed by atoms with Crippen LogP contribution in [0.15, 0.2) is 28.7 Å². The van der Waals surface area contributed by atoms with Gasteiger partial charge in [0.15, 0.2) is 0 Å². The maximum absolute atomic E-state index is 14.0. The van der Waals surface area contributed by atoms with Gasteiger partial charge in [-0.15, -0.1) is 0 Å². The van der Waals surface area contributed by atoms with Crippen molar-refractivity contribution in [2.45, 2.75) is 6.61 Å². The van der Waals surface area contributed by atoms with Gasteiger partial charge in [0.25, 0.3) is 0 Å². The van der Waals surface area contributed by atoms with Crippen LogP contribution in [-0.4, -0.2) is 13.1 Å². The standard InChI is InChI=1S/C15H9BrF2O3/c1-20-15(19)10-5-14-9(4-12(10)17)8-3-11(16)13(18)2-7(8)6-21-14/h2-5H,6H2,1H3. The van der Waals surface area contributed by atoms with Crippen molar-refractivity contribution in [1.82, 2.24) is 0 Å². The highest BCUT2D eigenvalue weighted by atomic mass is 79.9. The molecular weight excluding hydrogens is 346 g/mol. The molecule has 0 N–H and O–H groups in total. The Morgan fingerprint density at radius 3 is 2.67 bits per heavy atom. The molecule has 2 aromatic carbocycles. The number of carbonyl (C=O) groups excluding carboxylic acids is 1. The van der Waals surface area contributed by atoms with Crippen molar-refractivity contribution in [2.24, 2.45) is 0 Å². The van der Waals surface area contributed by atoms with Crippen LogP contribution < -0.4 is 4.74 Å². The summed E-state index contributed by atoms with van der Waals surface area (Å²) in [6.07, 6.45) is 0. The van der Waals surface area contributed by atoms with Gasteiger partial charge >= 0.3 is 5.97 Å². The fourth-order valence-electron chi connectivity index (χ4n) is 2.26. The minimum absolute atomic E-state index is 0.152. The zero-order chi connectivity index (χ0) is 15.1. The highest BCUT2D eigenvalue weighted by Crippen LogP contribution is 2.40. The van der Waals surface area contributed by atoms with Gasteiger partial charge in [0.05, 0.1) is 17.1 Å². The fourth-order valence-corrected chi connectivity index (χ4v) is 2.61. The Morgan fingerprint density at radius 1 is 1.19 bits per heavy atom. The van der Waals surface area contributed by atoms with E-state index in [1.54, 1.807) is 6.07 Å². The summed E-state index contributed by atoms with van der Waals surface area (Å²) in [6, 6.07) is 5.42. The van der Waals surface area contributed by atoms with Crippen molar-refractivity contribution in [3.63, 3.8) is 0 Å². The predicted molar refractivity (Wildman–Crippen MR) is 75.2 cm³/mol. The molecule has 108 valence electrons. The Kier molecular flexibility index (Phi) is 3.41. The average Bonchev–Trinajstić information content (AvgIpc) is 2.47. The molecule has 0 radical (unpaired) electrons. The van der Waals surface area contributed by atoms with Crippen LogP contribution in [0.2, 0.25) is 0 Å². The number of ether oxygens (including phenoxy) is 2. The molecule has 0 aromatic heterocycles. The lowest BCUT2D eigenvalue weighted by Crippen LogP contribution is -2.10. The first-order chi connectivity index (χ1) is 10.0. The molecule has 0 unspecified atom stereocenters. The lowest BCUT2D eigenvalue weighted by molar-refractivity contribution is 0.0595. The van der Waals surface area contributed by atoms with Crippen molar-refractivity contribution in [2.75, 3.05) is 7.11 Å². The predicted octanol–water partition coefficient (Wildman–Crippen LogP) is 4.07. The van der Waals surface area contributed by atoms with Crippen LogP contribution >= 0.6 is 15.9 Å². The van der Waals surface area contributed by atoms with Crippen LogP contribution in [0.5, 0.6) is 5.75 Å². The van der Waals surface area contributed by atoms with E-state index >= 15 is 0 Å². The second-order valence-corrected chi connectivity index (χ2v) is 5.39. The topological polar surface area (TPSA) is 35.5 Å². The quantitative estimate of drug-likeness (QED) is 0.724. The van der Waals surface area contributed by atoms with Gasteiger partial charge in [0.1, 0.15) is 24.0 Å². The number of carbonyl (C=O) groups is 1. The number of hydrogen-bond donors (Lipinski definition) is 0. The summed E-state index contributed by atoms with van der Waals surface area (Å²) in [6.45, 7) is 0.152. The molecule has 21 heavy (non-hydrogen) atoms. The molecule has 1 aliphatic rings. The van der Waals surface area contributed by atoms with Crippen molar-refractivity contribution >= 4 is 21.9 Å². The molecule has 0 saturated heterocycles. The lowest BCUT2D eigenvalue weighted by atomic mass is 9.95. The molecule has 2 aromatic rings. The van der Waals surface area contributed by atoms with E-state index in [0.717, 1.165) is 0 Å². The normalized spacial score (nSPS) is 12.2. The second-order valence-electron chi connectivity index (χ2n) is 4.53. The first-order valence-corrected chi connectivity index (χ1v) is 6.83. The minimum Gasteiger partial charge on any atom is -0.488 e. The molecule has 0 aliphatic carbocycles. The zero-order valence-corrected chi connectivity index (χ0v) is 12.5. The molecule has 0 bridgehead atoms. The maximum atomic E-state index is 14.0. The molecule has 3 nitrogen and oxygen atoms in total. The van der Waals surface area contributed by atoms with Gasteiger partial charge in [-0.25, -0.2) is 13.6 Å². The summed E-state index contributed by atoms with van der Waals surface area (Å²) in [7, 11) is 1.18. The highest BCUT2D eigenvalue weighted by molar-refractivity contribution is 9.10. The van der Waals surface area contributed by atoms with E-state index in [-0.39, 0.29) is 16.6 Å². The molecule has 0 spiro atoms. The number of methoxy groups -OCH3 is 1. The molecule has 0 saturated carbocycles. The van der Waals surface area contributed by atoms with E-state index in [9.17, 15) is 13.6 Å². The van der Waals surface area contributed by atoms with Gasteiger partial charge in [0, 0.05) is 11.1 Å². The van der Waals surface area contributed by atoms with E-state index in [1.807, 2.05) is 0 Å². The Bertz CT molecular complexity index is 759. The SMILES string of the molecule is COC(=O)c1cc2c(cc1F)-c1cc(Br)c(F)cc1CO2. The second kappa shape index (κ2) is 5.11. The summed E-state index contributed by atoms with van der Waals surface area (Å²) in [5.74, 6) is -1.53. The number of hydrogen-bond acceptors (Lipinski definition) is 3. The number of esters is 1. The first-order valence-electron chi connectivity index (χ1n) is 6.04. The van der Waals surface area contributed by atoms with E-state index in [1.165, 1.54) is 25.3 Å². The van der Waals surface area contributed by atoms with E-state index in [2.05, 4.69) is 20.7 Å². The van der Waals surface area contributed by atoms with E-state index in [4.69, 9.17) is 4.74 Å². The fraction of sp³-hybridized carbons (Fsp3) is 0.133. The van der Waals surface area contributed by atoms with Gasteiger partial charge in [0.2, 0.25) is 0 Å². The summed E-state index contributed by atoms with van der Waals surface area (Å²) in [5, 5.41) is 0. The number of fused-ring (bicyclic) bond motifs is 3. The molecule has 3 rings (SSSR count). The smallest absolute Gasteiger partial charge is 0.340 e. The number of halogens is 3. The Labute approximate surface area is 127 Å². The van der Waals surface area contributed by atoms with Crippen molar-refractivity contribution in [1.29, 1.82) is 0 Å². The largest absolute Gasteiger partial charge is 0.488 e. The van der Waals surface area contributed by atoms with Gasteiger partial charge in [-0.1, -0.05) is 0 Å². The Morgan fingerprint density at radius 2 is 1.95 bits per heavy atom. The van der Waals surface area contributed by atoms with Crippen molar-refractivity contribution < 1.29 is 23.0 Å². The van der Waals surface area contributed by atoms with Gasteiger partial charge in [-0.3, -0.25) is 0 Å². The van der Waals surface area contributed by atoms with Gasteiger partial charge in [-0.2, -0.15) is 0 Å². The summed E-state index contributed by atoms with van der Waals surface area (Å²) in [5.41, 5.74) is 1.57. The van der Waals surface area contributed by atoms with E-state index in [0.29, 0.717) is 22.4 Å². The van der Waals surface area contributed by atoms with Crippen LogP contribution in [0.1, 0.15) is 15.9 Å². The third kappa shape index (κ3) is 2.29. The Hall–Kier alpha value is -1.95. The third-order valence-corrected chi connectivity index (χ3v) is 3.90. The Balaban J connectivity index is 2.20. The van der Waals surface area contributed by atoms with Crippen LogP contribution in [0.4, 0.5) is 8.78 Å². The summed E-state index contributed by atoms with van der Waals surface area (Å²) in [4.78, 5) is 11.5. The van der Waals surface area contributed by atoms with Gasteiger partial charge in [-0.05, 0) is 45.8 Å². The lowest BCUT2D eigenvalue weighted by Gasteiger charge is -2.22. The van der Waals surface area contributed by atoms with Crippen LogP contribution in [0.3, 0.4) is 0 Å². The molecule has 1 aliphatic heterocycles. The highest BCUT2D eigenvalue weighted by Gasteiger charge is 2.24. The van der Waals surface area contributed by atoms with Crippen molar-refractivity contribution in [3.8, 4) is 16.9 Å². The average molecular weight is 355 g/mol.